The van der Waals surface area contributed by atoms with Crippen LogP contribution in [0, 0.1) is 0 Å². The van der Waals surface area contributed by atoms with Gasteiger partial charge in [0.25, 0.3) is 11.5 Å². The number of carbonyl (C=O) groups excluding carboxylic acids is 1. The topological polar surface area (TPSA) is 116 Å². The first-order valence-electron chi connectivity index (χ1n) is 7.74. The van der Waals surface area contributed by atoms with Crippen LogP contribution in [0.3, 0.4) is 0 Å². The Bertz CT molecular complexity index is 1120. The molecule has 0 atom stereocenters. The van der Waals surface area contributed by atoms with Crippen molar-refractivity contribution in [1.82, 2.24) is 29.1 Å². The predicted octanol–water partition coefficient (Wildman–Crippen LogP) is -0.365. The monoisotopic (exact) mass is 355 g/mol. The number of amides is 1. The summed E-state index contributed by atoms with van der Waals surface area (Å²) >= 11 is 0. The van der Waals surface area contributed by atoms with Crippen LogP contribution in [-0.4, -0.2) is 35.3 Å². The summed E-state index contributed by atoms with van der Waals surface area (Å²) in [5.41, 5.74) is 2.87. The Morgan fingerprint density at radius 1 is 1.23 bits per heavy atom. The molecular formula is C16H17N7O3. The highest BCUT2D eigenvalue weighted by Gasteiger charge is 2.15. The van der Waals surface area contributed by atoms with Crippen molar-refractivity contribution < 1.29 is 4.79 Å². The second-order valence-corrected chi connectivity index (χ2v) is 5.78. The van der Waals surface area contributed by atoms with Gasteiger partial charge >= 0.3 is 5.69 Å². The molecule has 0 fully saturated rings. The molecule has 10 heteroatoms. The molecule has 134 valence electrons. The zero-order chi connectivity index (χ0) is 18.8. The highest BCUT2D eigenvalue weighted by molar-refractivity contribution is 5.95. The van der Waals surface area contributed by atoms with Crippen LogP contribution in [0.1, 0.15) is 17.3 Å². The third-order valence-corrected chi connectivity index (χ3v) is 3.88. The summed E-state index contributed by atoms with van der Waals surface area (Å²) in [4.78, 5) is 44.9. The number of imidazole rings is 1. The van der Waals surface area contributed by atoms with Crippen molar-refractivity contribution in [3.8, 4) is 0 Å². The molecule has 10 nitrogen and oxygen atoms in total. The average Bonchev–Trinajstić information content (AvgIpc) is 3.04. The predicted molar refractivity (Wildman–Crippen MR) is 95.0 cm³/mol. The minimum absolute atomic E-state index is 0.0523. The third-order valence-electron chi connectivity index (χ3n) is 3.88. The highest BCUT2D eigenvalue weighted by atomic mass is 16.2. The van der Waals surface area contributed by atoms with Crippen LogP contribution in [-0.2, 0) is 20.6 Å². The van der Waals surface area contributed by atoms with Crippen LogP contribution in [0.25, 0.3) is 11.2 Å². The van der Waals surface area contributed by atoms with Gasteiger partial charge in [0.1, 0.15) is 0 Å². The molecular weight excluding hydrogens is 338 g/mol. The van der Waals surface area contributed by atoms with E-state index in [0.717, 1.165) is 4.57 Å². The lowest BCUT2D eigenvalue weighted by atomic mass is 10.3. The van der Waals surface area contributed by atoms with Crippen molar-refractivity contribution in [1.29, 1.82) is 0 Å². The third kappa shape index (κ3) is 3.04. The number of nitrogens with zero attached hydrogens (tertiary/aromatic N) is 6. The molecule has 0 spiro atoms. The Morgan fingerprint density at radius 3 is 2.62 bits per heavy atom. The number of fused-ring (bicyclic) bond motifs is 1. The number of pyridine rings is 1. The minimum Gasteiger partial charge on any atom is -0.328 e. The van der Waals surface area contributed by atoms with Gasteiger partial charge < -0.3 is 4.57 Å². The first-order chi connectivity index (χ1) is 12.4. The summed E-state index contributed by atoms with van der Waals surface area (Å²) in [7, 11) is 3.23. The van der Waals surface area contributed by atoms with E-state index in [1.807, 2.05) is 0 Å². The lowest BCUT2D eigenvalue weighted by Crippen LogP contribution is -2.41. The van der Waals surface area contributed by atoms with Crippen molar-refractivity contribution in [3.05, 3.63) is 57.3 Å². The van der Waals surface area contributed by atoms with E-state index in [9.17, 15) is 14.4 Å². The first-order valence-corrected chi connectivity index (χ1v) is 7.74. The molecule has 0 unspecified atom stereocenters. The Balaban J connectivity index is 1.89. The van der Waals surface area contributed by atoms with Gasteiger partial charge in [0.15, 0.2) is 11.2 Å². The van der Waals surface area contributed by atoms with Gasteiger partial charge in [-0.25, -0.2) is 15.2 Å². The lowest BCUT2D eigenvalue weighted by Gasteiger charge is -2.08. The number of aryl methyl sites for hydroxylation is 2. The van der Waals surface area contributed by atoms with E-state index >= 15 is 0 Å². The number of aromatic nitrogens is 5. The van der Waals surface area contributed by atoms with E-state index < -0.39 is 17.2 Å². The van der Waals surface area contributed by atoms with Crippen LogP contribution < -0.4 is 16.7 Å². The molecule has 0 saturated carbocycles. The smallest absolute Gasteiger partial charge is 0.328 e. The summed E-state index contributed by atoms with van der Waals surface area (Å²) in [6.45, 7) is 1.56. The van der Waals surface area contributed by atoms with Gasteiger partial charge in [0, 0.05) is 32.1 Å². The van der Waals surface area contributed by atoms with Gasteiger partial charge in [-0.2, -0.15) is 5.10 Å². The second kappa shape index (κ2) is 6.75. The largest absolute Gasteiger partial charge is 0.332 e. The van der Waals surface area contributed by atoms with E-state index in [1.165, 1.54) is 23.3 Å². The van der Waals surface area contributed by atoms with Crippen LogP contribution in [0.5, 0.6) is 0 Å². The quantitative estimate of drug-likeness (QED) is 0.506. The van der Waals surface area contributed by atoms with Crippen LogP contribution in [0.4, 0.5) is 0 Å². The molecule has 0 aliphatic heterocycles. The number of rotatable bonds is 4. The number of hydrogen-bond acceptors (Lipinski definition) is 6. The Labute approximate surface area is 147 Å². The molecule has 0 saturated heterocycles. The van der Waals surface area contributed by atoms with Crippen LogP contribution >= 0.6 is 0 Å². The lowest BCUT2D eigenvalue weighted by molar-refractivity contribution is 0.0954. The molecule has 3 aromatic heterocycles. The van der Waals surface area contributed by atoms with Crippen LogP contribution in [0.15, 0.2) is 45.5 Å². The van der Waals surface area contributed by atoms with Crippen molar-refractivity contribution >= 4 is 22.8 Å². The van der Waals surface area contributed by atoms with Crippen LogP contribution in [0.2, 0.25) is 0 Å². The summed E-state index contributed by atoms with van der Waals surface area (Å²) in [6, 6.07) is 3.10. The zero-order valence-electron chi connectivity index (χ0n) is 14.5. The van der Waals surface area contributed by atoms with Crippen molar-refractivity contribution in [3.63, 3.8) is 0 Å². The maximum Gasteiger partial charge on any atom is 0.332 e. The number of carbonyl (C=O) groups is 1. The number of hydrazone groups is 1. The van der Waals surface area contributed by atoms with Gasteiger partial charge in [0.2, 0.25) is 0 Å². The molecule has 3 aromatic rings. The Kier molecular flexibility index (Phi) is 4.48. The normalized spacial score (nSPS) is 11.7. The minimum atomic E-state index is -0.504. The fourth-order valence-electron chi connectivity index (χ4n) is 2.51. The summed E-state index contributed by atoms with van der Waals surface area (Å²) in [5.74, 6) is -0.408. The number of nitrogens with one attached hydrogen (secondary N) is 1. The molecule has 1 N–H and O–H groups in total. The SMILES string of the molecule is C/C(Cn1c(=O)c2c(ncn2C)n(C)c1=O)=N/NC(=O)c1ccncc1. The number of hydrogen-bond donors (Lipinski definition) is 1. The second-order valence-electron chi connectivity index (χ2n) is 5.78. The summed E-state index contributed by atoms with van der Waals surface area (Å²) < 4.78 is 3.92. The highest BCUT2D eigenvalue weighted by Crippen LogP contribution is 2.03. The fraction of sp³-hybridized carbons (Fsp3) is 0.250. The molecule has 26 heavy (non-hydrogen) atoms. The molecule has 0 aromatic carbocycles. The molecule has 0 radical (unpaired) electrons. The first kappa shape index (κ1) is 17.3. The summed E-state index contributed by atoms with van der Waals surface area (Å²) in [6.07, 6.45) is 4.47. The van der Waals surface area contributed by atoms with Gasteiger partial charge in [0.05, 0.1) is 18.6 Å². The van der Waals surface area contributed by atoms with Gasteiger partial charge in [-0.1, -0.05) is 0 Å². The van der Waals surface area contributed by atoms with E-state index in [2.05, 4.69) is 20.5 Å². The molecule has 0 aliphatic carbocycles. The molecule has 1 amide bonds. The molecule has 0 bridgehead atoms. The average molecular weight is 355 g/mol. The van der Waals surface area contributed by atoms with E-state index in [4.69, 9.17) is 0 Å². The van der Waals surface area contributed by atoms with Gasteiger partial charge in [-0.05, 0) is 19.1 Å². The van der Waals surface area contributed by atoms with Crippen molar-refractivity contribution in [2.75, 3.05) is 0 Å². The van der Waals surface area contributed by atoms with E-state index in [0.29, 0.717) is 22.4 Å². The summed E-state index contributed by atoms with van der Waals surface area (Å²) in [5, 5.41) is 3.96. The molecule has 3 heterocycles. The fourth-order valence-corrected chi connectivity index (χ4v) is 2.51. The van der Waals surface area contributed by atoms with E-state index in [1.54, 1.807) is 37.7 Å². The molecule has 3 rings (SSSR count). The zero-order valence-corrected chi connectivity index (χ0v) is 14.5. The maximum absolute atomic E-state index is 12.6. The van der Waals surface area contributed by atoms with Gasteiger partial charge in [-0.15, -0.1) is 0 Å². The van der Waals surface area contributed by atoms with Crippen molar-refractivity contribution in [2.24, 2.45) is 19.2 Å². The Morgan fingerprint density at radius 2 is 1.92 bits per heavy atom. The Hall–Kier alpha value is -3.56. The van der Waals surface area contributed by atoms with E-state index in [-0.39, 0.29) is 6.54 Å². The van der Waals surface area contributed by atoms with Crippen molar-refractivity contribution in [2.45, 2.75) is 13.5 Å². The standard InChI is InChI=1S/C16H17N7O3/c1-10(19-20-14(24)11-4-6-17-7-5-11)8-23-15(25)12-13(18-9-21(12)2)22(3)16(23)26/h4-7,9H,8H2,1-3H3,(H,20,24)/b19-10-. The maximum atomic E-state index is 12.6. The molecule has 0 aliphatic rings. The van der Waals surface area contributed by atoms with Gasteiger partial charge in [-0.3, -0.25) is 23.7 Å².